The van der Waals surface area contributed by atoms with Crippen molar-refractivity contribution in [2.75, 3.05) is 5.88 Å². The average molecular weight is 280 g/mol. The van der Waals surface area contributed by atoms with Gasteiger partial charge in [0, 0.05) is 22.8 Å². The van der Waals surface area contributed by atoms with Crippen LogP contribution in [-0.4, -0.2) is 5.88 Å². The molecule has 0 N–H and O–H groups in total. The predicted molar refractivity (Wildman–Crippen MR) is 56.3 cm³/mol. The Morgan fingerprint density at radius 1 is 1.36 bits per heavy atom. The number of hydrogen-bond acceptors (Lipinski definition) is 0. The molecule has 1 aromatic rings. The SMILES string of the molecule is Fc1cc(F)c(C#CCCCl)c(Br)c1. The zero-order valence-corrected chi connectivity index (χ0v) is 9.42. The molecule has 0 saturated carbocycles. The molecule has 4 heteroatoms. The standard InChI is InChI=1S/C10H6BrClF2/c11-9-5-7(13)6-10(14)8(9)3-1-2-4-12/h5-6H,2,4H2. The first-order valence-electron chi connectivity index (χ1n) is 3.84. The van der Waals surface area contributed by atoms with E-state index >= 15 is 0 Å². The maximum absolute atomic E-state index is 13.1. The van der Waals surface area contributed by atoms with Crippen LogP contribution < -0.4 is 0 Å². The second-order valence-electron chi connectivity index (χ2n) is 2.49. The molecule has 0 nitrogen and oxygen atoms in total. The number of rotatable bonds is 1. The Morgan fingerprint density at radius 3 is 2.64 bits per heavy atom. The lowest BCUT2D eigenvalue weighted by Gasteiger charge is -1.98. The average Bonchev–Trinajstić information content (AvgIpc) is 2.09. The van der Waals surface area contributed by atoms with Crippen molar-refractivity contribution in [1.29, 1.82) is 0 Å². The van der Waals surface area contributed by atoms with E-state index in [-0.39, 0.29) is 5.56 Å². The van der Waals surface area contributed by atoms with Gasteiger partial charge in [0.2, 0.25) is 0 Å². The normalized spacial score (nSPS) is 9.43. The molecule has 1 aromatic carbocycles. The summed E-state index contributed by atoms with van der Waals surface area (Å²) in [5, 5.41) is 0. The summed E-state index contributed by atoms with van der Waals surface area (Å²) in [6.45, 7) is 0. The van der Waals surface area contributed by atoms with E-state index < -0.39 is 11.6 Å². The van der Waals surface area contributed by atoms with Gasteiger partial charge < -0.3 is 0 Å². The number of hydrogen-bond donors (Lipinski definition) is 0. The van der Waals surface area contributed by atoms with Crippen LogP contribution in [0.25, 0.3) is 0 Å². The molecule has 0 aliphatic carbocycles. The van der Waals surface area contributed by atoms with Gasteiger partial charge in [-0.25, -0.2) is 8.78 Å². The Bertz CT molecular complexity index is 370. The zero-order valence-electron chi connectivity index (χ0n) is 7.08. The molecule has 0 heterocycles. The van der Waals surface area contributed by atoms with Crippen LogP contribution in [-0.2, 0) is 0 Å². The minimum absolute atomic E-state index is 0.163. The van der Waals surface area contributed by atoms with E-state index in [2.05, 4.69) is 27.8 Å². The highest BCUT2D eigenvalue weighted by molar-refractivity contribution is 9.10. The molecule has 0 bridgehead atoms. The van der Waals surface area contributed by atoms with Gasteiger partial charge in [0.15, 0.2) is 0 Å². The van der Waals surface area contributed by atoms with Crippen LogP contribution in [0.15, 0.2) is 16.6 Å². The van der Waals surface area contributed by atoms with Crippen LogP contribution in [0.1, 0.15) is 12.0 Å². The molecule has 14 heavy (non-hydrogen) atoms. The first-order chi connectivity index (χ1) is 6.65. The molecular formula is C10H6BrClF2. The Kier molecular flexibility index (Phi) is 4.37. The third kappa shape index (κ3) is 2.97. The summed E-state index contributed by atoms with van der Waals surface area (Å²) >= 11 is 8.44. The fourth-order valence-corrected chi connectivity index (χ4v) is 1.46. The lowest BCUT2D eigenvalue weighted by atomic mass is 10.2. The van der Waals surface area contributed by atoms with Crippen molar-refractivity contribution in [3.63, 3.8) is 0 Å². The van der Waals surface area contributed by atoms with Gasteiger partial charge in [-0.3, -0.25) is 0 Å². The molecule has 0 aliphatic rings. The van der Waals surface area contributed by atoms with Gasteiger partial charge in [-0.05, 0) is 22.0 Å². The molecule has 0 radical (unpaired) electrons. The van der Waals surface area contributed by atoms with E-state index in [0.29, 0.717) is 16.8 Å². The Labute approximate surface area is 94.4 Å². The summed E-state index contributed by atoms with van der Waals surface area (Å²) in [6.07, 6.45) is 0.477. The van der Waals surface area contributed by atoms with Gasteiger partial charge >= 0.3 is 0 Å². The molecule has 74 valence electrons. The minimum atomic E-state index is -0.668. The van der Waals surface area contributed by atoms with Crippen LogP contribution in [0, 0.1) is 23.5 Å². The van der Waals surface area contributed by atoms with E-state index in [0.717, 1.165) is 6.07 Å². The van der Waals surface area contributed by atoms with Gasteiger partial charge in [0.25, 0.3) is 0 Å². The second-order valence-corrected chi connectivity index (χ2v) is 3.72. The first-order valence-corrected chi connectivity index (χ1v) is 5.17. The number of benzene rings is 1. The summed E-state index contributed by atoms with van der Waals surface area (Å²) in [7, 11) is 0. The quantitative estimate of drug-likeness (QED) is 0.543. The van der Waals surface area contributed by atoms with Crippen LogP contribution in [0.2, 0.25) is 0 Å². The van der Waals surface area contributed by atoms with Crippen molar-refractivity contribution in [2.45, 2.75) is 6.42 Å². The highest BCUT2D eigenvalue weighted by Gasteiger charge is 2.06. The third-order valence-corrected chi connectivity index (χ3v) is 2.25. The monoisotopic (exact) mass is 278 g/mol. The van der Waals surface area contributed by atoms with Crippen LogP contribution >= 0.6 is 27.5 Å². The highest BCUT2D eigenvalue weighted by Crippen LogP contribution is 2.20. The van der Waals surface area contributed by atoms with Crippen LogP contribution in [0.3, 0.4) is 0 Å². The van der Waals surface area contributed by atoms with Crippen molar-refractivity contribution in [2.24, 2.45) is 0 Å². The minimum Gasteiger partial charge on any atom is -0.207 e. The zero-order chi connectivity index (χ0) is 10.6. The second kappa shape index (κ2) is 5.33. The van der Waals surface area contributed by atoms with Crippen LogP contribution in [0.5, 0.6) is 0 Å². The molecule has 0 fully saturated rings. The highest BCUT2D eigenvalue weighted by atomic mass is 79.9. The van der Waals surface area contributed by atoms with Crippen molar-refractivity contribution in [3.05, 3.63) is 33.8 Å². The lowest BCUT2D eigenvalue weighted by molar-refractivity contribution is 0.579. The van der Waals surface area contributed by atoms with E-state index in [9.17, 15) is 8.78 Å². The molecule has 0 unspecified atom stereocenters. The van der Waals surface area contributed by atoms with Crippen molar-refractivity contribution < 1.29 is 8.78 Å². The van der Waals surface area contributed by atoms with Gasteiger partial charge in [0.1, 0.15) is 11.6 Å². The van der Waals surface area contributed by atoms with E-state index in [1.165, 1.54) is 6.07 Å². The summed E-state index contributed by atoms with van der Waals surface area (Å²) < 4.78 is 26.1. The van der Waals surface area contributed by atoms with Crippen molar-refractivity contribution >= 4 is 27.5 Å². The maximum Gasteiger partial charge on any atom is 0.142 e. The molecule has 0 aliphatic heterocycles. The molecule has 1 rings (SSSR count). The molecule has 0 spiro atoms. The smallest absolute Gasteiger partial charge is 0.142 e. The molecule has 0 aromatic heterocycles. The summed E-state index contributed by atoms with van der Waals surface area (Å²) in [6, 6.07) is 1.98. The predicted octanol–water partition coefficient (Wildman–Crippen LogP) is 3.71. The largest absolute Gasteiger partial charge is 0.207 e. The maximum atomic E-state index is 13.1. The van der Waals surface area contributed by atoms with Crippen LogP contribution in [0.4, 0.5) is 8.78 Å². The van der Waals surface area contributed by atoms with Gasteiger partial charge in [-0.1, -0.05) is 11.8 Å². The fourth-order valence-electron chi connectivity index (χ4n) is 0.860. The first kappa shape index (κ1) is 11.5. The van der Waals surface area contributed by atoms with Gasteiger partial charge in [-0.15, -0.1) is 11.6 Å². The summed E-state index contributed by atoms with van der Waals surface area (Å²) in [5.74, 6) is 4.37. The van der Waals surface area contributed by atoms with Gasteiger partial charge in [-0.2, -0.15) is 0 Å². The number of alkyl halides is 1. The van der Waals surface area contributed by atoms with E-state index in [1.807, 2.05) is 0 Å². The van der Waals surface area contributed by atoms with Gasteiger partial charge in [0.05, 0.1) is 5.56 Å². The Balaban J connectivity index is 3.04. The molecular weight excluding hydrogens is 273 g/mol. The van der Waals surface area contributed by atoms with E-state index in [1.54, 1.807) is 0 Å². The number of halogens is 4. The molecule has 0 amide bonds. The van der Waals surface area contributed by atoms with E-state index in [4.69, 9.17) is 11.6 Å². The van der Waals surface area contributed by atoms with Crippen molar-refractivity contribution in [1.82, 2.24) is 0 Å². The topological polar surface area (TPSA) is 0 Å². The molecule has 0 atom stereocenters. The summed E-state index contributed by atoms with van der Waals surface area (Å²) in [4.78, 5) is 0. The Morgan fingerprint density at radius 2 is 2.07 bits per heavy atom. The lowest BCUT2D eigenvalue weighted by Crippen LogP contribution is -1.88. The third-order valence-electron chi connectivity index (χ3n) is 1.44. The Hall–Kier alpha value is -0.590. The fraction of sp³-hybridized carbons (Fsp3) is 0.200. The van der Waals surface area contributed by atoms with Crippen molar-refractivity contribution in [3.8, 4) is 11.8 Å². The summed E-state index contributed by atoms with van der Waals surface area (Å²) in [5.41, 5.74) is 0.163. The molecule has 0 saturated heterocycles.